The summed E-state index contributed by atoms with van der Waals surface area (Å²) in [6.45, 7) is 1.56. The minimum atomic E-state index is -1.14. The maximum absolute atomic E-state index is 11.3. The first-order valence-electron chi connectivity index (χ1n) is 6.74. The van der Waals surface area contributed by atoms with Crippen molar-refractivity contribution in [2.45, 2.75) is 19.0 Å². The van der Waals surface area contributed by atoms with Crippen LogP contribution in [-0.4, -0.2) is 61.7 Å². The molecule has 132 valence electrons. The third kappa shape index (κ3) is 6.30. The van der Waals surface area contributed by atoms with Crippen LogP contribution < -0.4 is 5.73 Å². The van der Waals surface area contributed by atoms with Gasteiger partial charge >= 0.3 is 11.9 Å². The molecule has 0 radical (unpaired) electrons. The summed E-state index contributed by atoms with van der Waals surface area (Å²) in [7, 11) is 2.32. The van der Waals surface area contributed by atoms with Crippen LogP contribution in [-0.2, 0) is 9.59 Å². The Labute approximate surface area is 146 Å². The summed E-state index contributed by atoms with van der Waals surface area (Å²) in [5.74, 6) is -2.30. The van der Waals surface area contributed by atoms with Gasteiger partial charge in [0.2, 0.25) is 0 Å². The molecular weight excluding hydrogens is 356 g/mol. The summed E-state index contributed by atoms with van der Waals surface area (Å²) in [4.78, 5) is 26.0. The molecule has 0 aliphatic carbocycles. The molecule has 1 aromatic carbocycles. The lowest BCUT2D eigenvalue weighted by molar-refractivity contribution is -0.138. The molecular formula is C14H18N2O6S2. The van der Waals surface area contributed by atoms with Crippen LogP contribution in [0.2, 0.25) is 0 Å². The summed E-state index contributed by atoms with van der Waals surface area (Å²) in [5.41, 5.74) is 5.99. The fourth-order valence-corrected chi connectivity index (χ4v) is 3.83. The fourth-order valence-electron chi connectivity index (χ4n) is 1.60. The van der Waals surface area contributed by atoms with Crippen LogP contribution >= 0.6 is 21.6 Å². The molecule has 0 aromatic heterocycles. The normalized spacial score (nSPS) is 14.2. The molecule has 0 saturated carbocycles. The second-order valence-electron chi connectivity index (χ2n) is 4.78. The molecule has 1 aromatic rings. The first-order chi connectivity index (χ1) is 11.2. The molecule has 2 atom stereocenters. The number of aromatic hydroxyl groups is 2. The average Bonchev–Trinajstić information content (AvgIpc) is 2.49. The zero-order chi connectivity index (χ0) is 18.3. The van der Waals surface area contributed by atoms with Crippen molar-refractivity contribution in [3.8, 4) is 11.5 Å². The van der Waals surface area contributed by atoms with Gasteiger partial charge in [0.1, 0.15) is 17.5 Å². The van der Waals surface area contributed by atoms with Gasteiger partial charge in [0.15, 0.2) is 6.04 Å². The predicted molar refractivity (Wildman–Crippen MR) is 93.9 cm³/mol. The highest BCUT2D eigenvalue weighted by molar-refractivity contribution is 8.76. The number of hydrogen-bond acceptors (Lipinski definition) is 8. The van der Waals surface area contributed by atoms with E-state index in [1.807, 2.05) is 0 Å². The smallest absolute Gasteiger partial charge is 0.329 e. The Morgan fingerprint density at radius 2 is 1.79 bits per heavy atom. The van der Waals surface area contributed by atoms with Gasteiger partial charge in [-0.25, -0.2) is 4.79 Å². The topological polar surface area (TPSA) is 153 Å². The summed E-state index contributed by atoms with van der Waals surface area (Å²) in [6, 6.07) is 1.88. The van der Waals surface area contributed by atoms with Gasteiger partial charge in [-0.1, -0.05) is 21.6 Å². The highest BCUT2D eigenvalue weighted by Crippen LogP contribution is 2.26. The summed E-state index contributed by atoms with van der Waals surface area (Å²) < 4.78 is 0. The number of aliphatic carboxylic acids is 2. The van der Waals surface area contributed by atoms with E-state index in [2.05, 4.69) is 4.99 Å². The van der Waals surface area contributed by atoms with Gasteiger partial charge in [-0.2, -0.15) is 0 Å². The SMILES string of the molecule is C/C(=N\C(CSSCC(N)C(=O)O)C(=O)O)c1ccc(O)cc1O. The second-order valence-corrected chi connectivity index (χ2v) is 7.34. The third-order valence-electron chi connectivity index (χ3n) is 2.88. The Bertz CT molecular complexity index is 638. The lowest BCUT2D eigenvalue weighted by Crippen LogP contribution is -2.32. The molecule has 1 rings (SSSR count). The van der Waals surface area contributed by atoms with E-state index in [4.69, 9.17) is 10.8 Å². The van der Waals surface area contributed by atoms with E-state index < -0.39 is 24.0 Å². The number of carbonyl (C=O) groups is 2. The van der Waals surface area contributed by atoms with Crippen LogP contribution in [0.5, 0.6) is 11.5 Å². The molecule has 10 heteroatoms. The lowest BCUT2D eigenvalue weighted by atomic mass is 10.1. The maximum Gasteiger partial charge on any atom is 0.329 e. The van der Waals surface area contributed by atoms with E-state index in [0.717, 1.165) is 27.7 Å². The quantitative estimate of drug-likeness (QED) is 0.243. The molecule has 8 nitrogen and oxygen atoms in total. The van der Waals surface area contributed by atoms with Crippen LogP contribution in [0.3, 0.4) is 0 Å². The van der Waals surface area contributed by atoms with Gasteiger partial charge in [-0.05, 0) is 19.1 Å². The highest BCUT2D eigenvalue weighted by atomic mass is 33.1. The first kappa shape index (κ1) is 20.1. The third-order valence-corrected chi connectivity index (χ3v) is 5.31. The number of nitrogens with two attached hydrogens (primary N) is 1. The summed E-state index contributed by atoms with van der Waals surface area (Å²) >= 11 is 0. The molecule has 24 heavy (non-hydrogen) atoms. The van der Waals surface area contributed by atoms with Crippen LogP contribution in [0, 0.1) is 0 Å². The number of benzene rings is 1. The maximum atomic E-state index is 11.3. The number of nitrogens with zero attached hydrogens (tertiary/aromatic N) is 1. The van der Waals surface area contributed by atoms with E-state index in [1.165, 1.54) is 12.1 Å². The zero-order valence-corrected chi connectivity index (χ0v) is 14.4. The Kier molecular flexibility index (Phi) is 7.89. The summed E-state index contributed by atoms with van der Waals surface area (Å²) in [5, 5.41) is 36.9. The van der Waals surface area contributed by atoms with E-state index in [-0.39, 0.29) is 23.0 Å². The van der Waals surface area contributed by atoms with Crippen molar-refractivity contribution < 1.29 is 30.0 Å². The summed E-state index contributed by atoms with van der Waals surface area (Å²) in [6.07, 6.45) is 0. The molecule has 0 heterocycles. The molecule has 0 bridgehead atoms. The largest absolute Gasteiger partial charge is 0.508 e. The Hall–Kier alpha value is -1.91. The lowest BCUT2D eigenvalue weighted by Gasteiger charge is -2.11. The van der Waals surface area contributed by atoms with E-state index in [0.29, 0.717) is 11.3 Å². The van der Waals surface area contributed by atoms with E-state index in [9.17, 15) is 24.9 Å². The standard InChI is InChI=1S/C14H18N2O6S2/c1-7(9-3-2-8(17)4-12(9)18)16-11(14(21)22)6-24-23-5-10(15)13(19)20/h2-4,10-11,17-18H,5-6,15H2,1H3,(H,19,20)(H,21,22)/b16-7+. The van der Waals surface area contributed by atoms with Gasteiger partial charge in [-0.15, -0.1) is 0 Å². The number of aliphatic imine (C=N–C) groups is 1. The van der Waals surface area contributed by atoms with Crippen LogP contribution in [0.15, 0.2) is 23.2 Å². The van der Waals surface area contributed by atoms with Crippen molar-refractivity contribution in [1.82, 2.24) is 0 Å². The van der Waals surface area contributed by atoms with Crippen molar-refractivity contribution in [3.05, 3.63) is 23.8 Å². The Balaban J connectivity index is 2.71. The molecule has 0 fully saturated rings. The minimum absolute atomic E-state index is 0.111. The molecule has 0 saturated heterocycles. The van der Waals surface area contributed by atoms with Crippen LogP contribution in [0.1, 0.15) is 12.5 Å². The fraction of sp³-hybridized carbons (Fsp3) is 0.357. The first-order valence-corrected chi connectivity index (χ1v) is 9.23. The molecule has 2 unspecified atom stereocenters. The average molecular weight is 374 g/mol. The van der Waals surface area contributed by atoms with Crippen molar-refractivity contribution in [3.63, 3.8) is 0 Å². The molecule has 0 spiro atoms. The van der Waals surface area contributed by atoms with Crippen LogP contribution in [0.25, 0.3) is 0 Å². The van der Waals surface area contributed by atoms with Gasteiger partial charge in [0, 0.05) is 28.8 Å². The Morgan fingerprint density at radius 3 is 2.33 bits per heavy atom. The minimum Gasteiger partial charge on any atom is -0.508 e. The number of hydrogen-bond donors (Lipinski definition) is 5. The number of phenolic OH excluding ortho intramolecular Hbond substituents is 2. The molecule has 6 N–H and O–H groups in total. The molecule has 0 aliphatic heterocycles. The van der Waals surface area contributed by atoms with E-state index >= 15 is 0 Å². The van der Waals surface area contributed by atoms with Crippen molar-refractivity contribution >= 4 is 39.2 Å². The van der Waals surface area contributed by atoms with Crippen molar-refractivity contribution in [2.24, 2.45) is 10.7 Å². The molecule has 0 amide bonds. The number of carboxylic acids is 2. The monoisotopic (exact) mass is 374 g/mol. The van der Waals surface area contributed by atoms with E-state index in [1.54, 1.807) is 6.92 Å². The van der Waals surface area contributed by atoms with Crippen LogP contribution in [0.4, 0.5) is 0 Å². The van der Waals surface area contributed by atoms with Gasteiger partial charge in [0.25, 0.3) is 0 Å². The van der Waals surface area contributed by atoms with Gasteiger partial charge in [-0.3, -0.25) is 9.79 Å². The predicted octanol–water partition coefficient (Wildman–Crippen LogP) is 1.15. The van der Waals surface area contributed by atoms with Gasteiger partial charge in [0.05, 0.1) is 0 Å². The zero-order valence-electron chi connectivity index (χ0n) is 12.7. The Morgan fingerprint density at radius 1 is 1.17 bits per heavy atom. The highest BCUT2D eigenvalue weighted by Gasteiger charge is 2.19. The number of phenols is 2. The molecule has 0 aliphatic rings. The van der Waals surface area contributed by atoms with Crippen molar-refractivity contribution in [2.75, 3.05) is 11.5 Å². The number of rotatable bonds is 9. The van der Waals surface area contributed by atoms with Gasteiger partial charge < -0.3 is 26.2 Å². The van der Waals surface area contributed by atoms with Crippen molar-refractivity contribution in [1.29, 1.82) is 0 Å². The second kappa shape index (κ2) is 9.40. The number of carboxylic acid groups (broad SMARTS) is 2.